The van der Waals surface area contributed by atoms with Crippen molar-refractivity contribution >= 4 is 33.7 Å². The Labute approximate surface area is 199 Å². The summed E-state index contributed by atoms with van der Waals surface area (Å²) in [4.78, 5) is 27.7. The zero-order valence-electron chi connectivity index (χ0n) is 19.6. The number of piperidine rings is 1. The SMILES string of the molecule is COC(=O)c1ccc2c(c1)[nH]c1nc(Cc3ccccc3)nc(NCCCN3CCCCC3)c12. The number of hydrogen-bond donors (Lipinski definition) is 2. The van der Waals surface area contributed by atoms with Crippen molar-refractivity contribution in [2.45, 2.75) is 32.1 Å². The molecule has 2 N–H and O–H groups in total. The summed E-state index contributed by atoms with van der Waals surface area (Å²) in [5.74, 6) is 1.25. The van der Waals surface area contributed by atoms with Gasteiger partial charge in [0, 0.05) is 23.9 Å². The van der Waals surface area contributed by atoms with E-state index in [1.165, 1.54) is 45.0 Å². The van der Waals surface area contributed by atoms with Crippen LogP contribution in [-0.4, -0.2) is 59.1 Å². The second kappa shape index (κ2) is 10.2. The maximum absolute atomic E-state index is 12.0. The highest BCUT2D eigenvalue weighted by Gasteiger charge is 2.16. The minimum Gasteiger partial charge on any atom is -0.465 e. The van der Waals surface area contributed by atoms with Crippen LogP contribution in [0.2, 0.25) is 0 Å². The van der Waals surface area contributed by atoms with E-state index < -0.39 is 0 Å². The van der Waals surface area contributed by atoms with E-state index in [1.807, 2.05) is 30.3 Å². The quantitative estimate of drug-likeness (QED) is 0.293. The smallest absolute Gasteiger partial charge is 0.337 e. The van der Waals surface area contributed by atoms with Gasteiger partial charge in [0.15, 0.2) is 0 Å². The maximum Gasteiger partial charge on any atom is 0.337 e. The van der Waals surface area contributed by atoms with E-state index in [0.29, 0.717) is 12.0 Å². The van der Waals surface area contributed by atoms with Crippen LogP contribution in [0.1, 0.15) is 47.4 Å². The molecule has 5 rings (SSSR count). The minimum absolute atomic E-state index is 0.354. The van der Waals surface area contributed by atoms with Crippen molar-refractivity contribution in [2.24, 2.45) is 0 Å². The Morgan fingerprint density at radius 2 is 1.91 bits per heavy atom. The van der Waals surface area contributed by atoms with Crippen LogP contribution >= 0.6 is 0 Å². The van der Waals surface area contributed by atoms with E-state index in [9.17, 15) is 4.79 Å². The zero-order chi connectivity index (χ0) is 23.3. The Bertz CT molecular complexity index is 1280. The zero-order valence-corrected chi connectivity index (χ0v) is 19.6. The largest absolute Gasteiger partial charge is 0.465 e. The number of benzene rings is 2. The molecule has 34 heavy (non-hydrogen) atoms. The molecule has 1 aliphatic rings. The fourth-order valence-electron chi connectivity index (χ4n) is 4.77. The number of anilines is 1. The molecule has 2 aromatic carbocycles. The summed E-state index contributed by atoms with van der Waals surface area (Å²) in [6.45, 7) is 4.38. The molecule has 0 unspecified atom stereocenters. The summed E-state index contributed by atoms with van der Waals surface area (Å²) >= 11 is 0. The number of likely N-dealkylation sites (tertiary alicyclic amines) is 1. The second-order valence-electron chi connectivity index (χ2n) is 8.93. The summed E-state index contributed by atoms with van der Waals surface area (Å²) in [5.41, 5.74) is 3.30. The number of esters is 1. The number of rotatable bonds is 8. The predicted octanol–water partition coefficient (Wildman–Crippen LogP) is 4.78. The molecule has 1 aliphatic heterocycles. The predicted molar refractivity (Wildman–Crippen MR) is 135 cm³/mol. The number of ether oxygens (including phenoxy) is 1. The first-order valence-corrected chi connectivity index (χ1v) is 12.1. The van der Waals surface area contributed by atoms with Gasteiger partial charge in [-0.05, 0) is 56.6 Å². The molecule has 7 nitrogen and oxygen atoms in total. The highest BCUT2D eigenvalue weighted by Crippen LogP contribution is 2.31. The van der Waals surface area contributed by atoms with Crippen LogP contribution in [0.25, 0.3) is 21.9 Å². The van der Waals surface area contributed by atoms with Crippen LogP contribution in [0.3, 0.4) is 0 Å². The number of hydrogen-bond acceptors (Lipinski definition) is 6. The molecule has 0 aliphatic carbocycles. The molecule has 2 aromatic heterocycles. The third kappa shape index (κ3) is 4.89. The van der Waals surface area contributed by atoms with E-state index >= 15 is 0 Å². The third-order valence-electron chi connectivity index (χ3n) is 6.52. The Balaban J connectivity index is 1.45. The molecule has 0 radical (unpaired) electrons. The van der Waals surface area contributed by atoms with Gasteiger partial charge >= 0.3 is 5.97 Å². The lowest BCUT2D eigenvalue weighted by Gasteiger charge is -2.26. The number of nitrogens with zero attached hydrogens (tertiary/aromatic N) is 3. The molecule has 0 atom stereocenters. The van der Waals surface area contributed by atoms with Crippen molar-refractivity contribution in [3.8, 4) is 0 Å². The van der Waals surface area contributed by atoms with Crippen LogP contribution in [0.5, 0.6) is 0 Å². The van der Waals surface area contributed by atoms with Gasteiger partial charge < -0.3 is 19.9 Å². The van der Waals surface area contributed by atoms with E-state index in [1.54, 1.807) is 6.07 Å². The van der Waals surface area contributed by atoms with Crippen molar-refractivity contribution in [2.75, 3.05) is 38.6 Å². The van der Waals surface area contributed by atoms with Crippen LogP contribution in [0.4, 0.5) is 5.82 Å². The van der Waals surface area contributed by atoms with Gasteiger partial charge in [0.1, 0.15) is 17.3 Å². The molecule has 7 heteroatoms. The first kappa shape index (κ1) is 22.3. The van der Waals surface area contributed by atoms with Crippen LogP contribution in [0, 0.1) is 0 Å². The first-order chi connectivity index (χ1) is 16.7. The molecule has 4 aromatic rings. The highest BCUT2D eigenvalue weighted by atomic mass is 16.5. The molecule has 0 amide bonds. The fourth-order valence-corrected chi connectivity index (χ4v) is 4.77. The minimum atomic E-state index is -0.354. The molecule has 0 bridgehead atoms. The van der Waals surface area contributed by atoms with Crippen molar-refractivity contribution in [1.82, 2.24) is 19.9 Å². The van der Waals surface area contributed by atoms with Gasteiger partial charge in [-0.25, -0.2) is 14.8 Å². The van der Waals surface area contributed by atoms with Crippen LogP contribution < -0.4 is 5.32 Å². The van der Waals surface area contributed by atoms with Gasteiger partial charge in [0.2, 0.25) is 0 Å². The average molecular weight is 458 g/mol. The summed E-state index contributed by atoms with van der Waals surface area (Å²) in [6, 6.07) is 15.8. The van der Waals surface area contributed by atoms with Gasteiger partial charge in [-0.3, -0.25) is 0 Å². The maximum atomic E-state index is 12.0. The molecular formula is C27H31N5O2. The fraction of sp³-hybridized carbons (Fsp3) is 0.370. The summed E-state index contributed by atoms with van der Waals surface area (Å²) in [6.07, 6.45) is 5.70. The molecule has 1 saturated heterocycles. The summed E-state index contributed by atoms with van der Waals surface area (Å²) in [7, 11) is 1.39. The monoisotopic (exact) mass is 457 g/mol. The Hall–Kier alpha value is -3.45. The normalized spacial score (nSPS) is 14.5. The molecule has 176 valence electrons. The van der Waals surface area contributed by atoms with Gasteiger partial charge in [-0.15, -0.1) is 0 Å². The van der Waals surface area contributed by atoms with Crippen molar-refractivity contribution in [3.63, 3.8) is 0 Å². The Kier molecular flexibility index (Phi) is 6.72. The number of H-pyrrole nitrogens is 1. The van der Waals surface area contributed by atoms with Crippen molar-refractivity contribution in [3.05, 3.63) is 65.5 Å². The number of aromatic amines is 1. The van der Waals surface area contributed by atoms with Crippen LogP contribution in [-0.2, 0) is 11.2 Å². The number of carbonyl (C=O) groups is 1. The Morgan fingerprint density at radius 1 is 1.09 bits per heavy atom. The number of aromatic nitrogens is 3. The summed E-state index contributed by atoms with van der Waals surface area (Å²) < 4.78 is 4.89. The number of methoxy groups -OCH3 is 1. The average Bonchev–Trinajstić information content (AvgIpc) is 3.25. The standard InChI is InChI=1S/C27H31N5O2/c1-34-27(33)20-11-12-21-22(18-20)29-26-24(21)25(28-13-8-16-32-14-6-3-7-15-32)30-23(31-26)17-19-9-4-2-5-10-19/h2,4-5,9-12,18H,3,6-8,13-17H2,1H3,(H2,28,29,30,31). The van der Waals surface area contributed by atoms with Gasteiger partial charge in [-0.1, -0.05) is 42.8 Å². The van der Waals surface area contributed by atoms with E-state index in [2.05, 4.69) is 27.3 Å². The van der Waals surface area contributed by atoms with Gasteiger partial charge in [-0.2, -0.15) is 0 Å². The van der Waals surface area contributed by atoms with Gasteiger partial charge in [0.05, 0.1) is 18.1 Å². The van der Waals surface area contributed by atoms with Crippen molar-refractivity contribution < 1.29 is 9.53 Å². The lowest BCUT2D eigenvalue weighted by Crippen LogP contribution is -2.31. The highest BCUT2D eigenvalue weighted by molar-refractivity contribution is 6.12. The van der Waals surface area contributed by atoms with E-state index in [0.717, 1.165) is 53.1 Å². The van der Waals surface area contributed by atoms with Gasteiger partial charge in [0.25, 0.3) is 0 Å². The lowest BCUT2D eigenvalue weighted by molar-refractivity contribution is 0.0601. The molecule has 1 fully saturated rings. The topological polar surface area (TPSA) is 83.1 Å². The molecule has 0 spiro atoms. The van der Waals surface area contributed by atoms with Crippen molar-refractivity contribution in [1.29, 1.82) is 0 Å². The van der Waals surface area contributed by atoms with E-state index in [-0.39, 0.29) is 5.97 Å². The Morgan fingerprint density at radius 3 is 2.71 bits per heavy atom. The second-order valence-corrected chi connectivity index (χ2v) is 8.93. The van der Waals surface area contributed by atoms with E-state index in [4.69, 9.17) is 14.7 Å². The molecule has 0 saturated carbocycles. The van der Waals surface area contributed by atoms with Crippen LogP contribution in [0.15, 0.2) is 48.5 Å². The number of fused-ring (bicyclic) bond motifs is 3. The third-order valence-corrected chi connectivity index (χ3v) is 6.52. The summed E-state index contributed by atoms with van der Waals surface area (Å²) in [5, 5.41) is 5.54. The number of carbonyl (C=O) groups excluding carboxylic acids is 1. The molecule has 3 heterocycles. The first-order valence-electron chi connectivity index (χ1n) is 12.1. The molecular weight excluding hydrogens is 426 g/mol. The lowest BCUT2D eigenvalue weighted by atomic mass is 10.1. The number of nitrogens with one attached hydrogen (secondary N) is 2.